The van der Waals surface area contributed by atoms with Crippen LogP contribution in [-0.4, -0.2) is 23.5 Å². The topological polar surface area (TPSA) is 41.5 Å². The van der Waals surface area contributed by atoms with Crippen LogP contribution in [0.15, 0.2) is 24.3 Å². The molecule has 104 valence electrons. The third-order valence-electron chi connectivity index (χ3n) is 4.38. The normalized spacial score (nSPS) is 34.6. The molecule has 3 rings (SSSR count). The SMILES string of the molecule is OC12CCCCC1COC(Nc1ccc(F)cc1)C2. The molecule has 2 fully saturated rings. The maximum absolute atomic E-state index is 12.8. The molecule has 0 amide bonds. The first-order valence-electron chi connectivity index (χ1n) is 7.02. The predicted molar refractivity (Wildman–Crippen MR) is 71.3 cm³/mol. The summed E-state index contributed by atoms with van der Waals surface area (Å²) >= 11 is 0. The van der Waals surface area contributed by atoms with Gasteiger partial charge in [0.25, 0.3) is 0 Å². The summed E-state index contributed by atoms with van der Waals surface area (Å²) in [4.78, 5) is 0. The molecule has 0 bridgehead atoms. The summed E-state index contributed by atoms with van der Waals surface area (Å²) in [5, 5.41) is 13.9. The Morgan fingerprint density at radius 3 is 2.84 bits per heavy atom. The molecule has 1 aromatic carbocycles. The van der Waals surface area contributed by atoms with E-state index in [0.717, 1.165) is 24.9 Å². The number of anilines is 1. The lowest BCUT2D eigenvalue weighted by atomic mass is 9.72. The Hall–Kier alpha value is -1.13. The molecule has 1 aliphatic carbocycles. The standard InChI is InChI=1S/C15H20FNO2/c16-12-4-6-13(7-5-12)17-14-9-15(18)8-2-1-3-11(15)10-19-14/h4-7,11,14,17-18H,1-3,8-10H2. The number of hydrogen-bond donors (Lipinski definition) is 2. The molecule has 3 nitrogen and oxygen atoms in total. The van der Waals surface area contributed by atoms with Crippen LogP contribution < -0.4 is 5.32 Å². The minimum absolute atomic E-state index is 0.190. The predicted octanol–water partition coefficient (Wildman–Crippen LogP) is 2.91. The van der Waals surface area contributed by atoms with Gasteiger partial charge in [-0.3, -0.25) is 0 Å². The second-order valence-corrected chi connectivity index (χ2v) is 5.72. The van der Waals surface area contributed by atoms with Crippen molar-refractivity contribution in [1.82, 2.24) is 0 Å². The molecular formula is C15H20FNO2. The highest BCUT2D eigenvalue weighted by Crippen LogP contribution is 2.41. The molecule has 2 aliphatic rings. The molecule has 19 heavy (non-hydrogen) atoms. The first-order chi connectivity index (χ1) is 9.16. The average molecular weight is 265 g/mol. The van der Waals surface area contributed by atoms with Gasteiger partial charge in [0, 0.05) is 18.0 Å². The first kappa shape index (κ1) is 12.9. The van der Waals surface area contributed by atoms with E-state index in [-0.39, 0.29) is 18.0 Å². The van der Waals surface area contributed by atoms with Crippen LogP contribution in [0, 0.1) is 11.7 Å². The van der Waals surface area contributed by atoms with Crippen molar-refractivity contribution in [3.05, 3.63) is 30.1 Å². The lowest BCUT2D eigenvalue weighted by Crippen LogP contribution is -2.52. The van der Waals surface area contributed by atoms with E-state index in [1.54, 1.807) is 12.1 Å². The van der Waals surface area contributed by atoms with Gasteiger partial charge in [-0.25, -0.2) is 4.39 Å². The highest BCUT2D eigenvalue weighted by Gasteiger charge is 2.44. The van der Waals surface area contributed by atoms with Crippen LogP contribution in [0.25, 0.3) is 0 Å². The van der Waals surface area contributed by atoms with Crippen LogP contribution in [0.1, 0.15) is 32.1 Å². The molecule has 0 radical (unpaired) electrons. The number of rotatable bonds is 2. The monoisotopic (exact) mass is 265 g/mol. The molecule has 1 aliphatic heterocycles. The largest absolute Gasteiger partial charge is 0.389 e. The van der Waals surface area contributed by atoms with Crippen molar-refractivity contribution in [2.75, 3.05) is 11.9 Å². The first-order valence-corrected chi connectivity index (χ1v) is 7.02. The summed E-state index contributed by atoms with van der Waals surface area (Å²) in [6.45, 7) is 0.607. The molecule has 1 aromatic rings. The Morgan fingerprint density at radius 2 is 2.05 bits per heavy atom. The summed E-state index contributed by atoms with van der Waals surface area (Å²) in [7, 11) is 0. The Morgan fingerprint density at radius 1 is 1.26 bits per heavy atom. The van der Waals surface area contributed by atoms with Crippen LogP contribution in [-0.2, 0) is 4.74 Å². The number of benzene rings is 1. The lowest BCUT2D eigenvalue weighted by molar-refractivity contribution is -0.154. The van der Waals surface area contributed by atoms with Gasteiger partial charge in [0.05, 0.1) is 12.2 Å². The summed E-state index contributed by atoms with van der Waals surface area (Å²) in [6, 6.07) is 6.22. The summed E-state index contributed by atoms with van der Waals surface area (Å²) in [5.41, 5.74) is 0.234. The Balaban J connectivity index is 1.65. The number of halogens is 1. The Kier molecular flexibility index (Phi) is 3.46. The van der Waals surface area contributed by atoms with Crippen molar-refractivity contribution in [3.63, 3.8) is 0 Å². The second-order valence-electron chi connectivity index (χ2n) is 5.72. The molecule has 2 N–H and O–H groups in total. The van der Waals surface area contributed by atoms with E-state index < -0.39 is 5.60 Å². The summed E-state index contributed by atoms with van der Waals surface area (Å²) in [6.07, 6.45) is 4.62. The van der Waals surface area contributed by atoms with E-state index in [2.05, 4.69) is 5.32 Å². The van der Waals surface area contributed by atoms with E-state index >= 15 is 0 Å². The molecule has 4 heteroatoms. The van der Waals surface area contributed by atoms with Gasteiger partial charge in [0.1, 0.15) is 12.0 Å². The number of ether oxygens (including phenoxy) is 1. The zero-order valence-electron chi connectivity index (χ0n) is 10.9. The fraction of sp³-hybridized carbons (Fsp3) is 0.600. The highest BCUT2D eigenvalue weighted by atomic mass is 19.1. The van der Waals surface area contributed by atoms with E-state index in [4.69, 9.17) is 4.74 Å². The molecule has 1 saturated carbocycles. The average Bonchev–Trinajstić information content (AvgIpc) is 2.40. The van der Waals surface area contributed by atoms with E-state index in [1.807, 2.05) is 0 Å². The number of nitrogens with one attached hydrogen (secondary N) is 1. The molecule has 0 aromatic heterocycles. The maximum Gasteiger partial charge on any atom is 0.130 e. The Labute approximate surface area is 112 Å². The fourth-order valence-electron chi connectivity index (χ4n) is 3.24. The van der Waals surface area contributed by atoms with Crippen LogP contribution >= 0.6 is 0 Å². The molecular weight excluding hydrogens is 245 g/mol. The second kappa shape index (κ2) is 5.10. The zero-order valence-corrected chi connectivity index (χ0v) is 10.9. The number of fused-ring (bicyclic) bond motifs is 1. The van der Waals surface area contributed by atoms with Crippen LogP contribution in [0.3, 0.4) is 0 Å². The van der Waals surface area contributed by atoms with Crippen molar-refractivity contribution in [1.29, 1.82) is 0 Å². The third kappa shape index (κ3) is 2.74. The van der Waals surface area contributed by atoms with Gasteiger partial charge in [-0.1, -0.05) is 12.8 Å². The lowest BCUT2D eigenvalue weighted by Gasteiger charge is -2.46. The zero-order chi connectivity index (χ0) is 13.3. The van der Waals surface area contributed by atoms with Gasteiger partial charge in [0.2, 0.25) is 0 Å². The van der Waals surface area contributed by atoms with Crippen molar-refractivity contribution >= 4 is 5.69 Å². The van der Waals surface area contributed by atoms with Crippen LogP contribution in [0.5, 0.6) is 0 Å². The van der Waals surface area contributed by atoms with Crippen LogP contribution in [0.2, 0.25) is 0 Å². The highest BCUT2D eigenvalue weighted by molar-refractivity contribution is 5.43. The number of aliphatic hydroxyl groups is 1. The number of hydrogen-bond acceptors (Lipinski definition) is 3. The molecule has 1 heterocycles. The van der Waals surface area contributed by atoms with Gasteiger partial charge < -0.3 is 15.2 Å². The van der Waals surface area contributed by atoms with Crippen molar-refractivity contribution < 1.29 is 14.2 Å². The van der Waals surface area contributed by atoms with Crippen molar-refractivity contribution in [2.45, 2.75) is 43.9 Å². The molecule has 3 unspecified atom stereocenters. The Bertz CT molecular complexity index is 436. The van der Waals surface area contributed by atoms with Gasteiger partial charge >= 0.3 is 0 Å². The van der Waals surface area contributed by atoms with Gasteiger partial charge in [-0.05, 0) is 37.1 Å². The van der Waals surface area contributed by atoms with Crippen molar-refractivity contribution in [2.24, 2.45) is 5.92 Å². The maximum atomic E-state index is 12.8. The third-order valence-corrected chi connectivity index (χ3v) is 4.38. The van der Waals surface area contributed by atoms with Gasteiger partial charge in [-0.2, -0.15) is 0 Å². The summed E-state index contributed by atoms with van der Waals surface area (Å²) in [5.74, 6) is 0.0219. The van der Waals surface area contributed by atoms with E-state index in [9.17, 15) is 9.50 Å². The van der Waals surface area contributed by atoms with Crippen LogP contribution in [0.4, 0.5) is 10.1 Å². The smallest absolute Gasteiger partial charge is 0.130 e. The fourth-order valence-corrected chi connectivity index (χ4v) is 3.24. The van der Waals surface area contributed by atoms with Gasteiger partial charge in [-0.15, -0.1) is 0 Å². The minimum Gasteiger partial charge on any atom is -0.389 e. The molecule has 0 spiro atoms. The van der Waals surface area contributed by atoms with E-state index in [1.165, 1.54) is 18.6 Å². The molecule has 1 saturated heterocycles. The van der Waals surface area contributed by atoms with Gasteiger partial charge in [0.15, 0.2) is 0 Å². The molecule has 3 atom stereocenters. The quantitative estimate of drug-likeness (QED) is 0.864. The van der Waals surface area contributed by atoms with Crippen molar-refractivity contribution in [3.8, 4) is 0 Å². The minimum atomic E-state index is -0.589. The van der Waals surface area contributed by atoms with E-state index in [0.29, 0.717) is 13.0 Å². The summed E-state index contributed by atoms with van der Waals surface area (Å²) < 4.78 is 18.6.